The van der Waals surface area contributed by atoms with E-state index in [9.17, 15) is 14.4 Å². The number of benzene rings is 1. The molecule has 1 rings (SSSR count). The van der Waals surface area contributed by atoms with Gasteiger partial charge in [0.2, 0.25) is 0 Å². The van der Waals surface area contributed by atoms with Crippen molar-refractivity contribution in [2.45, 2.75) is 19.8 Å². The number of aryl methyl sites for hydroxylation is 1. The summed E-state index contributed by atoms with van der Waals surface area (Å²) in [6.07, 6.45) is 0.405. The van der Waals surface area contributed by atoms with Gasteiger partial charge >= 0.3 is 17.9 Å². The first-order valence-corrected chi connectivity index (χ1v) is 6.09. The topological polar surface area (TPSA) is 89.9 Å². The summed E-state index contributed by atoms with van der Waals surface area (Å²) in [5, 5.41) is 9.03. The highest BCUT2D eigenvalue weighted by atomic mass is 16.5. The van der Waals surface area contributed by atoms with E-state index >= 15 is 0 Å². The van der Waals surface area contributed by atoms with Crippen LogP contribution in [-0.2, 0) is 20.7 Å². The summed E-state index contributed by atoms with van der Waals surface area (Å²) in [6, 6.07) is 4.20. The number of methoxy groups -OCH3 is 1. The average Bonchev–Trinajstić information content (AvgIpc) is 2.44. The van der Waals surface area contributed by atoms with Crippen molar-refractivity contribution in [3.8, 4) is 0 Å². The van der Waals surface area contributed by atoms with Crippen molar-refractivity contribution in [3.63, 3.8) is 0 Å². The Hall–Kier alpha value is -2.37. The summed E-state index contributed by atoms with van der Waals surface area (Å²) in [4.78, 5) is 33.8. The highest BCUT2D eigenvalue weighted by molar-refractivity contribution is 5.95. The second kappa shape index (κ2) is 7.28. The minimum atomic E-state index is -1.14. The van der Waals surface area contributed by atoms with Gasteiger partial charge < -0.3 is 14.6 Å². The van der Waals surface area contributed by atoms with Crippen molar-refractivity contribution in [1.29, 1.82) is 0 Å². The number of carbonyl (C=O) groups excluding carboxylic acids is 2. The van der Waals surface area contributed by atoms with Gasteiger partial charge in [-0.2, -0.15) is 0 Å². The van der Waals surface area contributed by atoms with Gasteiger partial charge in [0.25, 0.3) is 0 Å². The van der Waals surface area contributed by atoms with Crippen LogP contribution >= 0.6 is 0 Å². The molecule has 6 heteroatoms. The van der Waals surface area contributed by atoms with Crippen molar-refractivity contribution in [2.24, 2.45) is 0 Å². The van der Waals surface area contributed by atoms with E-state index in [2.05, 4.69) is 4.74 Å². The molecule has 0 atom stereocenters. The molecule has 0 saturated carbocycles. The van der Waals surface area contributed by atoms with Crippen LogP contribution in [0.4, 0.5) is 0 Å². The molecule has 0 fully saturated rings. The number of hydrogen-bond donors (Lipinski definition) is 1. The number of carboxylic acid groups (broad SMARTS) is 1. The Balaban J connectivity index is 3.01. The second-order valence-corrected chi connectivity index (χ2v) is 4.02. The molecule has 0 radical (unpaired) electrons. The van der Waals surface area contributed by atoms with Gasteiger partial charge in [-0.1, -0.05) is 0 Å². The van der Waals surface area contributed by atoms with Crippen molar-refractivity contribution in [1.82, 2.24) is 0 Å². The Kier molecular flexibility index (Phi) is 5.71. The second-order valence-electron chi connectivity index (χ2n) is 4.02. The van der Waals surface area contributed by atoms with Crippen molar-refractivity contribution in [2.75, 3.05) is 13.7 Å². The SMILES string of the molecule is CCOC(=O)c1cc(CCC(=O)OC)cc(C(=O)O)c1. The molecule has 6 nitrogen and oxygen atoms in total. The Morgan fingerprint density at radius 3 is 2.35 bits per heavy atom. The number of rotatable bonds is 6. The molecule has 20 heavy (non-hydrogen) atoms. The lowest BCUT2D eigenvalue weighted by molar-refractivity contribution is -0.140. The number of carbonyl (C=O) groups is 3. The van der Waals surface area contributed by atoms with Crippen molar-refractivity contribution < 1.29 is 29.0 Å². The standard InChI is InChI=1S/C14H16O6/c1-3-20-14(18)11-7-9(4-5-12(15)19-2)6-10(8-11)13(16)17/h6-8H,3-5H2,1-2H3,(H,16,17). The Morgan fingerprint density at radius 1 is 1.15 bits per heavy atom. The van der Waals surface area contributed by atoms with Crippen LogP contribution in [0.25, 0.3) is 0 Å². The molecule has 1 aromatic carbocycles. The summed E-state index contributed by atoms with van der Waals surface area (Å²) in [7, 11) is 1.28. The van der Waals surface area contributed by atoms with Crippen LogP contribution in [0.1, 0.15) is 39.6 Å². The molecule has 108 valence electrons. The van der Waals surface area contributed by atoms with Crippen LogP contribution in [0.2, 0.25) is 0 Å². The highest BCUT2D eigenvalue weighted by Crippen LogP contribution is 2.14. The molecule has 0 saturated heterocycles. The van der Waals surface area contributed by atoms with E-state index in [0.29, 0.717) is 12.0 Å². The van der Waals surface area contributed by atoms with Crippen LogP contribution in [0.15, 0.2) is 18.2 Å². The fourth-order valence-corrected chi connectivity index (χ4v) is 1.64. The van der Waals surface area contributed by atoms with Gasteiger partial charge in [-0.15, -0.1) is 0 Å². The minimum Gasteiger partial charge on any atom is -0.478 e. The Bertz CT molecular complexity index is 520. The number of carboxylic acids is 1. The predicted octanol–water partition coefficient (Wildman–Crippen LogP) is 1.67. The molecule has 0 amide bonds. The number of ether oxygens (including phenoxy) is 2. The van der Waals surface area contributed by atoms with E-state index < -0.39 is 17.9 Å². The first kappa shape index (κ1) is 15.7. The van der Waals surface area contributed by atoms with Crippen molar-refractivity contribution in [3.05, 3.63) is 34.9 Å². The molecule has 0 aliphatic rings. The first-order chi connectivity index (χ1) is 9.47. The van der Waals surface area contributed by atoms with Gasteiger partial charge in [0, 0.05) is 6.42 Å². The molecule has 0 heterocycles. The van der Waals surface area contributed by atoms with Crippen LogP contribution in [0, 0.1) is 0 Å². The maximum Gasteiger partial charge on any atom is 0.338 e. The van der Waals surface area contributed by atoms with Crippen molar-refractivity contribution >= 4 is 17.9 Å². The monoisotopic (exact) mass is 280 g/mol. The molecular formula is C14H16O6. The summed E-state index contributed by atoms with van der Waals surface area (Å²) < 4.78 is 9.36. The van der Waals surface area contributed by atoms with Gasteiger partial charge in [0.1, 0.15) is 0 Å². The molecule has 1 aromatic rings. The van der Waals surface area contributed by atoms with E-state index in [1.54, 1.807) is 6.92 Å². The lowest BCUT2D eigenvalue weighted by atomic mass is 10.0. The third-order valence-corrected chi connectivity index (χ3v) is 2.60. The van der Waals surface area contributed by atoms with E-state index in [4.69, 9.17) is 9.84 Å². The molecule has 0 unspecified atom stereocenters. The number of esters is 2. The van der Waals surface area contributed by atoms with Crippen LogP contribution in [0.5, 0.6) is 0 Å². The molecule has 0 spiro atoms. The largest absolute Gasteiger partial charge is 0.478 e. The van der Waals surface area contributed by atoms with E-state index in [-0.39, 0.29) is 24.2 Å². The van der Waals surface area contributed by atoms with Gasteiger partial charge in [0.15, 0.2) is 0 Å². The fraction of sp³-hybridized carbons (Fsp3) is 0.357. The summed E-state index contributed by atoms with van der Waals surface area (Å²) >= 11 is 0. The lowest BCUT2D eigenvalue weighted by Gasteiger charge is -2.07. The third kappa shape index (κ3) is 4.38. The van der Waals surface area contributed by atoms with Crippen LogP contribution in [0.3, 0.4) is 0 Å². The number of aromatic carboxylic acids is 1. The summed E-state index contributed by atoms with van der Waals surface area (Å²) in [5.74, 6) is -2.13. The first-order valence-electron chi connectivity index (χ1n) is 6.09. The van der Waals surface area contributed by atoms with E-state index in [1.807, 2.05) is 0 Å². The zero-order valence-electron chi connectivity index (χ0n) is 11.3. The molecule has 0 bridgehead atoms. The highest BCUT2D eigenvalue weighted by Gasteiger charge is 2.13. The third-order valence-electron chi connectivity index (χ3n) is 2.60. The van der Waals surface area contributed by atoms with Gasteiger partial charge in [-0.3, -0.25) is 4.79 Å². The molecule has 0 aliphatic carbocycles. The van der Waals surface area contributed by atoms with Crippen LogP contribution < -0.4 is 0 Å². The smallest absolute Gasteiger partial charge is 0.338 e. The molecule has 0 aliphatic heterocycles. The van der Waals surface area contributed by atoms with Gasteiger partial charge in [0.05, 0.1) is 24.8 Å². The quantitative estimate of drug-likeness (QED) is 0.797. The molecular weight excluding hydrogens is 264 g/mol. The Labute approximate surface area is 116 Å². The normalized spacial score (nSPS) is 9.90. The zero-order chi connectivity index (χ0) is 15.1. The van der Waals surface area contributed by atoms with Gasteiger partial charge in [-0.05, 0) is 37.1 Å². The summed E-state index contributed by atoms with van der Waals surface area (Å²) in [5.41, 5.74) is 0.709. The molecule has 0 aromatic heterocycles. The fourth-order valence-electron chi connectivity index (χ4n) is 1.64. The maximum atomic E-state index is 11.7. The van der Waals surface area contributed by atoms with E-state index in [1.165, 1.54) is 25.3 Å². The lowest BCUT2D eigenvalue weighted by Crippen LogP contribution is -2.09. The number of hydrogen-bond acceptors (Lipinski definition) is 5. The van der Waals surface area contributed by atoms with Crippen LogP contribution in [-0.4, -0.2) is 36.7 Å². The van der Waals surface area contributed by atoms with Gasteiger partial charge in [-0.25, -0.2) is 9.59 Å². The zero-order valence-corrected chi connectivity index (χ0v) is 11.3. The minimum absolute atomic E-state index is 0.0181. The maximum absolute atomic E-state index is 11.7. The summed E-state index contributed by atoms with van der Waals surface area (Å²) in [6.45, 7) is 1.87. The Morgan fingerprint density at radius 2 is 1.80 bits per heavy atom. The van der Waals surface area contributed by atoms with E-state index in [0.717, 1.165) is 0 Å². The average molecular weight is 280 g/mol. The predicted molar refractivity (Wildman–Crippen MR) is 69.7 cm³/mol. The molecule has 1 N–H and O–H groups in total.